The third kappa shape index (κ3) is 1.18. The number of rotatable bonds is 0. The second-order valence-electron chi connectivity index (χ2n) is 2.46. The number of benzene rings is 1. The maximum Gasteiger partial charge on any atom is 0.259 e. The molecule has 2 rings (SSSR count). The van der Waals surface area contributed by atoms with Crippen LogP contribution in [0.3, 0.4) is 0 Å². The number of fused-ring (bicyclic) bond motifs is 1. The highest BCUT2D eigenvalue weighted by Gasteiger charge is 2.06. The Bertz CT molecular complexity index is 521. The molecular weight excluding hydrogens is 178 g/mol. The smallest absolute Gasteiger partial charge is 0.259 e. The Morgan fingerprint density at radius 2 is 2.00 bits per heavy atom. The molecule has 1 aromatic carbocycles. The fourth-order valence-corrected chi connectivity index (χ4v) is 1.02. The highest BCUT2D eigenvalue weighted by molar-refractivity contribution is 5.77. The summed E-state index contributed by atoms with van der Waals surface area (Å²) in [4.78, 5) is 16.7. The van der Waals surface area contributed by atoms with E-state index < -0.39 is 17.2 Å². The second-order valence-corrected chi connectivity index (χ2v) is 2.46. The van der Waals surface area contributed by atoms with Crippen LogP contribution in [0.25, 0.3) is 10.9 Å². The van der Waals surface area contributed by atoms with Gasteiger partial charge >= 0.3 is 0 Å². The van der Waals surface area contributed by atoms with Gasteiger partial charge in [-0.15, -0.1) is 0 Å². The highest BCUT2D eigenvalue weighted by Crippen LogP contribution is 2.11. The average Bonchev–Trinajstić information content (AvgIpc) is 2.09. The van der Waals surface area contributed by atoms with Crippen LogP contribution in [0.4, 0.5) is 8.78 Å². The number of halogens is 2. The van der Waals surface area contributed by atoms with Crippen LogP contribution >= 0.6 is 0 Å². The number of hydrogen-bond donors (Lipinski definition) is 1. The number of hydrogen-bond acceptors (Lipinski definition) is 2. The van der Waals surface area contributed by atoms with E-state index in [-0.39, 0.29) is 10.9 Å². The maximum absolute atomic E-state index is 12.7. The van der Waals surface area contributed by atoms with Crippen molar-refractivity contribution in [2.75, 3.05) is 0 Å². The van der Waals surface area contributed by atoms with Crippen molar-refractivity contribution in [3.8, 4) is 0 Å². The molecule has 0 unspecified atom stereocenters. The fourth-order valence-electron chi connectivity index (χ4n) is 1.02. The lowest BCUT2D eigenvalue weighted by molar-refractivity contribution is 0.510. The Hall–Kier alpha value is -1.78. The van der Waals surface area contributed by atoms with Crippen LogP contribution in [0.15, 0.2) is 16.9 Å². The van der Waals surface area contributed by atoms with E-state index in [1.54, 1.807) is 0 Å². The first-order valence-corrected chi connectivity index (χ1v) is 3.43. The molecule has 0 fully saturated rings. The van der Waals surface area contributed by atoms with E-state index in [2.05, 4.69) is 16.3 Å². The van der Waals surface area contributed by atoms with Crippen molar-refractivity contribution in [1.29, 1.82) is 0 Å². The number of aromatic amines is 1. The van der Waals surface area contributed by atoms with E-state index >= 15 is 0 Å². The first-order valence-electron chi connectivity index (χ1n) is 3.43. The van der Waals surface area contributed by atoms with Crippen molar-refractivity contribution in [1.82, 2.24) is 9.97 Å². The van der Waals surface area contributed by atoms with Crippen LogP contribution < -0.4 is 5.56 Å². The third-order valence-corrected chi connectivity index (χ3v) is 1.63. The summed E-state index contributed by atoms with van der Waals surface area (Å²) in [7, 11) is 0. The topological polar surface area (TPSA) is 45.8 Å². The molecule has 1 heterocycles. The summed E-state index contributed by atoms with van der Waals surface area (Å²) >= 11 is 0. The number of H-pyrrole nitrogens is 1. The molecule has 0 amide bonds. The van der Waals surface area contributed by atoms with E-state index in [0.717, 1.165) is 12.1 Å². The molecule has 0 aliphatic heterocycles. The quantitative estimate of drug-likeness (QED) is 0.659. The van der Waals surface area contributed by atoms with Crippen molar-refractivity contribution in [2.24, 2.45) is 0 Å². The SMILES string of the molecule is O=c1[nH][c]nc2cc(F)c(F)cc12. The number of nitrogens with one attached hydrogen (secondary N) is 1. The molecule has 5 heteroatoms. The summed E-state index contributed by atoms with van der Waals surface area (Å²) in [5.41, 5.74) is -0.452. The minimum atomic E-state index is -1.06. The van der Waals surface area contributed by atoms with E-state index in [1.807, 2.05) is 0 Å². The van der Waals surface area contributed by atoms with Gasteiger partial charge in [0.25, 0.3) is 5.56 Å². The van der Waals surface area contributed by atoms with Gasteiger partial charge in [-0.1, -0.05) is 0 Å². The van der Waals surface area contributed by atoms with Gasteiger partial charge in [-0.2, -0.15) is 0 Å². The molecule has 13 heavy (non-hydrogen) atoms. The molecule has 0 aliphatic rings. The van der Waals surface area contributed by atoms with Crippen molar-refractivity contribution >= 4 is 10.9 Å². The Morgan fingerprint density at radius 1 is 1.31 bits per heavy atom. The zero-order valence-corrected chi connectivity index (χ0v) is 6.27. The zero-order chi connectivity index (χ0) is 9.42. The molecule has 0 atom stereocenters. The maximum atomic E-state index is 12.7. The first kappa shape index (κ1) is 7.85. The lowest BCUT2D eigenvalue weighted by atomic mass is 10.2. The van der Waals surface area contributed by atoms with Gasteiger partial charge in [-0.25, -0.2) is 13.8 Å². The molecule has 0 spiro atoms. The van der Waals surface area contributed by atoms with E-state index in [1.165, 1.54) is 0 Å². The van der Waals surface area contributed by atoms with Gasteiger partial charge in [0, 0.05) is 6.07 Å². The van der Waals surface area contributed by atoms with E-state index in [9.17, 15) is 13.6 Å². The van der Waals surface area contributed by atoms with Crippen LogP contribution in [0.5, 0.6) is 0 Å². The Labute approximate surface area is 71.0 Å². The van der Waals surface area contributed by atoms with Crippen molar-refractivity contribution < 1.29 is 8.78 Å². The molecule has 3 nitrogen and oxygen atoms in total. The monoisotopic (exact) mass is 181 g/mol. The molecule has 65 valence electrons. The summed E-state index contributed by atoms with van der Waals surface area (Å²) in [6.45, 7) is 0. The lowest BCUT2D eigenvalue weighted by Crippen LogP contribution is -2.07. The molecule has 0 aliphatic carbocycles. The van der Waals surface area contributed by atoms with E-state index in [4.69, 9.17) is 0 Å². The molecule has 0 saturated heterocycles. The van der Waals surface area contributed by atoms with Gasteiger partial charge in [0.15, 0.2) is 18.0 Å². The summed E-state index contributed by atoms with van der Waals surface area (Å²) in [5.74, 6) is -2.09. The molecular formula is C8H3F2N2O. The van der Waals surface area contributed by atoms with Gasteiger partial charge in [-0.3, -0.25) is 4.79 Å². The van der Waals surface area contributed by atoms with Crippen LogP contribution in [-0.4, -0.2) is 9.97 Å². The Kier molecular flexibility index (Phi) is 1.58. The molecule has 2 aromatic rings. The largest absolute Gasteiger partial charge is 0.303 e. The van der Waals surface area contributed by atoms with Gasteiger partial charge in [0.2, 0.25) is 0 Å². The molecule has 0 saturated carbocycles. The van der Waals surface area contributed by atoms with Gasteiger partial charge < -0.3 is 4.98 Å². The van der Waals surface area contributed by atoms with Crippen molar-refractivity contribution in [2.45, 2.75) is 0 Å². The van der Waals surface area contributed by atoms with Gasteiger partial charge in [0.05, 0.1) is 10.9 Å². The normalized spacial score (nSPS) is 10.6. The highest BCUT2D eigenvalue weighted by atomic mass is 19.2. The minimum absolute atomic E-state index is 0.0117. The van der Waals surface area contributed by atoms with Crippen LogP contribution in [0, 0.1) is 18.0 Å². The molecule has 0 bridgehead atoms. The van der Waals surface area contributed by atoms with Gasteiger partial charge in [0.1, 0.15) is 0 Å². The summed E-state index contributed by atoms with van der Waals surface area (Å²) in [5, 5.41) is 0.0117. The average molecular weight is 181 g/mol. The summed E-state index contributed by atoms with van der Waals surface area (Å²) < 4.78 is 25.3. The minimum Gasteiger partial charge on any atom is -0.303 e. The Morgan fingerprint density at radius 3 is 2.77 bits per heavy atom. The van der Waals surface area contributed by atoms with Crippen LogP contribution in [0.1, 0.15) is 0 Å². The predicted molar refractivity (Wildman–Crippen MR) is 41.1 cm³/mol. The standard InChI is InChI=1S/C8H3F2N2O/c9-5-1-4-7(2-6(5)10)11-3-12-8(4)13/h1-2H,(H,11,12,13). The van der Waals surface area contributed by atoms with Crippen LogP contribution in [-0.2, 0) is 0 Å². The molecule has 1 N–H and O–H groups in total. The number of aromatic nitrogens is 2. The van der Waals surface area contributed by atoms with Crippen molar-refractivity contribution in [3.63, 3.8) is 0 Å². The lowest BCUT2D eigenvalue weighted by Gasteiger charge is -1.95. The van der Waals surface area contributed by atoms with Gasteiger partial charge in [-0.05, 0) is 6.07 Å². The number of nitrogens with zero attached hydrogens (tertiary/aromatic N) is 1. The zero-order valence-electron chi connectivity index (χ0n) is 6.27. The Balaban J connectivity index is 2.97. The molecule has 1 aromatic heterocycles. The van der Waals surface area contributed by atoms with E-state index in [0.29, 0.717) is 0 Å². The van der Waals surface area contributed by atoms with Crippen molar-refractivity contribution in [3.05, 3.63) is 40.4 Å². The first-order chi connectivity index (χ1) is 6.18. The molecule has 1 radical (unpaired) electrons. The van der Waals surface area contributed by atoms with Crippen LogP contribution in [0.2, 0.25) is 0 Å². The fraction of sp³-hybridized carbons (Fsp3) is 0. The summed E-state index contributed by atoms with van der Waals surface area (Å²) in [6.07, 6.45) is 2.17. The summed E-state index contributed by atoms with van der Waals surface area (Å²) in [6, 6.07) is 1.67. The second kappa shape index (κ2) is 2.62. The predicted octanol–water partition coefficient (Wildman–Crippen LogP) is 1.00. The third-order valence-electron chi connectivity index (χ3n) is 1.63.